The molecule has 0 atom stereocenters. The van der Waals surface area contributed by atoms with Crippen molar-refractivity contribution in [3.63, 3.8) is 0 Å². The van der Waals surface area contributed by atoms with Crippen molar-refractivity contribution in [2.24, 2.45) is 5.84 Å². The second-order valence-corrected chi connectivity index (χ2v) is 4.82. The molecule has 2 rings (SSSR count). The van der Waals surface area contributed by atoms with Crippen LogP contribution in [0.4, 0.5) is 0 Å². The van der Waals surface area contributed by atoms with E-state index in [2.05, 4.69) is 0 Å². The summed E-state index contributed by atoms with van der Waals surface area (Å²) in [6.45, 7) is 1.90. The fraction of sp³-hybridized carbons (Fsp3) is 0.154. The average molecular weight is 315 g/mol. The molecular formula is C13H12Cl2N2O3. The van der Waals surface area contributed by atoms with Crippen LogP contribution in [0.3, 0.4) is 0 Å². The lowest BCUT2D eigenvalue weighted by molar-refractivity contribution is 0.0924. The minimum atomic E-state index is -0.505. The molecule has 1 aromatic carbocycles. The number of carbonyl (C=O) groups excluding carboxylic acids is 1. The quantitative estimate of drug-likeness (QED) is 0.516. The zero-order chi connectivity index (χ0) is 14.7. The lowest BCUT2D eigenvalue weighted by Crippen LogP contribution is -2.29. The number of halogens is 2. The summed E-state index contributed by atoms with van der Waals surface area (Å²) in [5.74, 6) is 5.61. The molecule has 0 aliphatic heterocycles. The predicted octanol–water partition coefficient (Wildman–Crippen LogP) is 3.08. The zero-order valence-electron chi connectivity index (χ0n) is 10.6. The minimum absolute atomic E-state index is 0.119. The highest BCUT2D eigenvalue weighted by Gasteiger charge is 2.15. The SMILES string of the molecule is Cc1oc(C(=O)NN)cc1COc1c(Cl)cccc1Cl. The van der Waals surface area contributed by atoms with E-state index >= 15 is 0 Å². The predicted molar refractivity (Wildman–Crippen MR) is 75.9 cm³/mol. The number of furan rings is 1. The standard InChI is InChI=1S/C13H12Cl2N2O3/c1-7-8(5-11(20-7)13(18)17-16)6-19-12-9(14)3-2-4-10(12)15/h2-5H,6,16H2,1H3,(H,17,18). The lowest BCUT2D eigenvalue weighted by Gasteiger charge is -2.08. The van der Waals surface area contributed by atoms with Crippen LogP contribution in [0.2, 0.25) is 10.0 Å². The number of ether oxygens (including phenoxy) is 1. The van der Waals surface area contributed by atoms with Crippen LogP contribution in [0.1, 0.15) is 21.9 Å². The fourth-order valence-electron chi connectivity index (χ4n) is 1.62. The van der Waals surface area contributed by atoms with Gasteiger partial charge in [-0.25, -0.2) is 5.84 Å². The van der Waals surface area contributed by atoms with E-state index in [1.165, 1.54) is 0 Å². The maximum atomic E-state index is 11.3. The average Bonchev–Trinajstić information content (AvgIpc) is 2.79. The summed E-state index contributed by atoms with van der Waals surface area (Å²) in [7, 11) is 0. The van der Waals surface area contributed by atoms with Crippen molar-refractivity contribution in [2.75, 3.05) is 0 Å². The molecule has 5 nitrogen and oxygen atoms in total. The highest BCUT2D eigenvalue weighted by Crippen LogP contribution is 2.33. The molecule has 0 radical (unpaired) electrons. The number of amides is 1. The Hall–Kier alpha value is -1.69. The van der Waals surface area contributed by atoms with Gasteiger partial charge in [0.05, 0.1) is 10.0 Å². The fourth-order valence-corrected chi connectivity index (χ4v) is 2.12. The largest absolute Gasteiger partial charge is 0.486 e. The third-order valence-electron chi connectivity index (χ3n) is 2.67. The van der Waals surface area contributed by atoms with Gasteiger partial charge in [-0.15, -0.1) is 0 Å². The van der Waals surface area contributed by atoms with E-state index in [-0.39, 0.29) is 12.4 Å². The van der Waals surface area contributed by atoms with Crippen molar-refractivity contribution in [1.82, 2.24) is 5.43 Å². The normalized spacial score (nSPS) is 10.4. The second-order valence-electron chi connectivity index (χ2n) is 4.00. The smallest absolute Gasteiger partial charge is 0.300 e. The number of benzene rings is 1. The zero-order valence-corrected chi connectivity index (χ0v) is 12.1. The topological polar surface area (TPSA) is 77.5 Å². The van der Waals surface area contributed by atoms with Crippen molar-refractivity contribution in [1.29, 1.82) is 0 Å². The van der Waals surface area contributed by atoms with Crippen molar-refractivity contribution in [3.05, 3.63) is 51.4 Å². The molecule has 1 aromatic heterocycles. The van der Waals surface area contributed by atoms with Gasteiger partial charge in [-0.3, -0.25) is 10.2 Å². The van der Waals surface area contributed by atoms with E-state index < -0.39 is 5.91 Å². The Labute approximate surface area is 125 Å². The molecule has 0 saturated carbocycles. The lowest BCUT2D eigenvalue weighted by atomic mass is 10.2. The van der Waals surface area contributed by atoms with Crippen molar-refractivity contribution in [3.8, 4) is 5.75 Å². The molecule has 106 valence electrons. The second kappa shape index (κ2) is 6.17. The highest BCUT2D eigenvalue weighted by atomic mass is 35.5. The van der Waals surface area contributed by atoms with Gasteiger partial charge in [0.15, 0.2) is 11.5 Å². The number of nitrogen functional groups attached to an aromatic ring is 1. The first-order valence-electron chi connectivity index (χ1n) is 5.70. The molecule has 0 bridgehead atoms. The Bertz CT molecular complexity index is 620. The minimum Gasteiger partial charge on any atom is -0.486 e. The van der Waals surface area contributed by atoms with E-state index in [1.807, 2.05) is 5.43 Å². The van der Waals surface area contributed by atoms with E-state index in [0.29, 0.717) is 27.1 Å². The van der Waals surface area contributed by atoms with Gasteiger partial charge in [-0.2, -0.15) is 0 Å². The van der Waals surface area contributed by atoms with Gasteiger partial charge in [0.1, 0.15) is 12.4 Å². The summed E-state index contributed by atoms with van der Waals surface area (Å²) in [5, 5.41) is 0.831. The Morgan fingerprint density at radius 2 is 2.05 bits per heavy atom. The van der Waals surface area contributed by atoms with Crippen molar-refractivity contribution in [2.45, 2.75) is 13.5 Å². The molecule has 0 aliphatic carbocycles. The maximum absolute atomic E-state index is 11.3. The van der Waals surface area contributed by atoms with Crippen molar-refractivity contribution >= 4 is 29.1 Å². The number of aryl methyl sites for hydroxylation is 1. The van der Waals surface area contributed by atoms with Gasteiger partial charge in [-0.05, 0) is 25.1 Å². The van der Waals surface area contributed by atoms with Gasteiger partial charge < -0.3 is 9.15 Å². The molecule has 7 heteroatoms. The molecule has 0 aliphatic rings. The van der Waals surface area contributed by atoms with Crippen LogP contribution in [0.15, 0.2) is 28.7 Å². The van der Waals surface area contributed by atoms with Gasteiger partial charge >= 0.3 is 5.91 Å². The monoisotopic (exact) mass is 314 g/mol. The molecular weight excluding hydrogens is 303 g/mol. The van der Waals surface area contributed by atoms with Crippen LogP contribution in [0, 0.1) is 6.92 Å². The summed E-state index contributed by atoms with van der Waals surface area (Å²) in [6.07, 6.45) is 0. The number of rotatable bonds is 4. The first-order chi connectivity index (χ1) is 9.52. The number of hydrogen-bond donors (Lipinski definition) is 2. The summed E-state index contributed by atoms with van der Waals surface area (Å²) in [4.78, 5) is 11.3. The third kappa shape index (κ3) is 3.07. The molecule has 1 heterocycles. The number of carbonyl (C=O) groups is 1. The van der Waals surface area contributed by atoms with Crippen LogP contribution in [-0.4, -0.2) is 5.91 Å². The maximum Gasteiger partial charge on any atom is 0.300 e. The molecule has 3 N–H and O–H groups in total. The Morgan fingerprint density at radius 1 is 1.40 bits per heavy atom. The Kier molecular flexibility index (Phi) is 4.54. The Balaban J connectivity index is 2.15. The third-order valence-corrected chi connectivity index (χ3v) is 3.26. The van der Waals surface area contributed by atoms with Gasteiger partial charge in [-0.1, -0.05) is 29.3 Å². The van der Waals surface area contributed by atoms with E-state index in [0.717, 1.165) is 0 Å². The molecule has 0 unspecified atom stereocenters. The van der Waals surface area contributed by atoms with Gasteiger partial charge in [0.2, 0.25) is 0 Å². The van der Waals surface area contributed by atoms with Crippen LogP contribution in [0.25, 0.3) is 0 Å². The number of nitrogens with two attached hydrogens (primary N) is 1. The van der Waals surface area contributed by atoms with Crippen LogP contribution in [0.5, 0.6) is 5.75 Å². The summed E-state index contributed by atoms with van der Waals surface area (Å²) >= 11 is 12.0. The molecule has 0 spiro atoms. The van der Waals surface area contributed by atoms with Crippen LogP contribution >= 0.6 is 23.2 Å². The van der Waals surface area contributed by atoms with E-state index in [1.54, 1.807) is 31.2 Å². The molecule has 0 saturated heterocycles. The number of hydrazine groups is 1. The molecule has 20 heavy (non-hydrogen) atoms. The first-order valence-corrected chi connectivity index (χ1v) is 6.45. The Morgan fingerprint density at radius 3 is 2.65 bits per heavy atom. The number of para-hydroxylation sites is 1. The van der Waals surface area contributed by atoms with Crippen LogP contribution < -0.4 is 16.0 Å². The molecule has 2 aromatic rings. The van der Waals surface area contributed by atoms with Crippen molar-refractivity contribution < 1.29 is 13.9 Å². The highest BCUT2D eigenvalue weighted by molar-refractivity contribution is 6.37. The first kappa shape index (κ1) is 14.7. The number of nitrogens with one attached hydrogen (secondary N) is 1. The summed E-state index contributed by atoms with van der Waals surface area (Å²) < 4.78 is 10.9. The molecule has 1 amide bonds. The van der Waals surface area contributed by atoms with E-state index in [9.17, 15) is 4.79 Å². The van der Waals surface area contributed by atoms with E-state index in [4.69, 9.17) is 38.2 Å². The van der Waals surface area contributed by atoms with Crippen LogP contribution in [-0.2, 0) is 6.61 Å². The summed E-state index contributed by atoms with van der Waals surface area (Å²) in [5.41, 5.74) is 2.71. The molecule has 0 fully saturated rings. The summed E-state index contributed by atoms with van der Waals surface area (Å²) in [6, 6.07) is 6.64. The van der Waals surface area contributed by atoms with Gasteiger partial charge in [0.25, 0.3) is 0 Å². The number of hydrogen-bond acceptors (Lipinski definition) is 4. The van der Waals surface area contributed by atoms with Gasteiger partial charge in [0, 0.05) is 5.56 Å².